The van der Waals surface area contributed by atoms with Gasteiger partial charge in [-0.1, -0.05) is 0 Å². The zero-order chi connectivity index (χ0) is 18.2. The lowest BCUT2D eigenvalue weighted by molar-refractivity contribution is -0.123. The Bertz CT molecular complexity index is 606. The first-order valence-electron chi connectivity index (χ1n) is 8.36. The molecule has 2 amide bonds. The molecule has 0 atom stereocenters. The summed E-state index contributed by atoms with van der Waals surface area (Å²) in [5, 5.41) is 6.24. The topological polar surface area (TPSA) is 87.5 Å². The number of thioether (sulfide) groups is 1. The van der Waals surface area contributed by atoms with E-state index in [2.05, 4.69) is 10.6 Å². The standard InChI is InChI=1S/C17H25FN4O2S/c1-25-16-3-2-13(10-14(16)18)21-7-6-20-11-15(23)12-4-8-22(9-5-12)17(19)24/h2-3,10,12,20-21H,4-9,11H2,1H3,(H2,19,24). The highest BCUT2D eigenvalue weighted by molar-refractivity contribution is 7.98. The molecule has 0 bridgehead atoms. The second-order valence-electron chi connectivity index (χ2n) is 6.02. The van der Waals surface area contributed by atoms with Gasteiger partial charge in [0.15, 0.2) is 0 Å². The van der Waals surface area contributed by atoms with Gasteiger partial charge in [-0.15, -0.1) is 11.8 Å². The number of anilines is 1. The number of nitrogens with zero attached hydrogens (tertiary/aromatic N) is 1. The van der Waals surface area contributed by atoms with Crippen LogP contribution in [0.5, 0.6) is 0 Å². The van der Waals surface area contributed by atoms with Gasteiger partial charge in [0.25, 0.3) is 0 Å². The van der Waals surface area contributed by atoms with Gasteiger partial charge in [-0.3, -0.25) is 4.79 Å². The molecule has 1 aliphatic heterocycles. The van der Waals surface area contributed by atoms with E-state index in [4.69, 9.17) is 5.73 Å². The Kier molecular flexibility index (Phi) is 7.52. The van der Waals surface area contributed by atoms with E-state index in [1.807, 2.05) is 12.3 Å². The zero-order valence-electron chi connectivity index (χ0n) is 14.4. The first kappa shape index (κ1) is 19.5. The number of hydrogen-bond donors (Lipinski definition) is 3. The molecule has 0 radical (unpaired) electrons. The number of ketones is 1. The molecular formula is C17H25FN4O2S. The van der Waals surface area contributed by atoms with Crippen LogP contribution < -0.4 is 16.4 Å². The minimum Gasteiger partial charge on any atom is -0.384 e. The van der Waals surface area contributed by atoms with Gasteiger partial charge in [0.05, 0.1) is 6.54 Å². The van der Waals surface area contributed by atoms with Gasteiger partial charge in [0.1, 0.15) is 11.6 Å². The molecule has 25 heavy (non-hydrogen) atoms. The number of carbonyl (C=O) groups excluding carboxylic acids is 2. The molecule has 2 rings (SSSR count). The average molecular weight is 368 g/mol. The van der Waals surface area contributed by atoms with Crippen molar-refractivity contribution < 1.29 is 14.0 Å². The number of likely N-dealkylation sites (tertiary alicyclic amines) is 1. The number of nitrogens with two attached hydrogens (primary N) is 1. The fraction of sp³-hybridized carbons (Fsp3) is 0.529. The van der Waals surface area contributed by atoms with Crippen molar-refractivity contribution in [1.29, 1.82) is 0 Å². The number of primary amides is 1. The van der Waals surface area contributed by atoms with Crippen molar-refractivity contribution in [2.45, 2.75) is 17.7 Å². The number of amides is 2. The van der Waals surface area contributed by atoms with Crippen LogP contribution in [0.1, 0.15) is 12.8 Å². The van der Waals surface area contributed by atoms with E-state index in [9.17, 15) is 14.0 Å². The quantitative estimate of drug-likeness (QED) is 0.482. The van der Waals surface area contributed by atoms with Gasteiger partial charge < -0.3 is 21.3 Å². The lowest BCUT2D eigenvalue weighted by atomic mass is 9.92. The number of nitrogens with one attached hydrogen (secondary N) is 2. The minimum atomic E-state index is -0.419. The van der Waals surface area contributed by atoms with Crippen LogP contribution in [-0.2, 0) is 4.79 Å². The third-order valence-corrected chi connectivity index (χ3v) is 5.11. The molecule has 1 aliphatic rings. The van der Waals surface area contributed by atoms with Crippen LogP contribution in [0, 0.1) is 11.7 Å². The Morgan fingerprint density at radius 2 is 2.04 bits per heavy atom. The van der Waals surface area contributed by atoms with Gasteiger partial charge in [0.2, 0.25) is 0 Å². The number of benzene rings is 1. The van der Waals surface area contributed by atoms with Crippen LogP contribution in [0.3, 0.4) is 0 Å². The van der Waals surface area contributed by atoms with Crippen LogP contribution in [0.4, 0.5) is 14.9 Å². The van der Waals surface area contributed by atoms with E-state index in [1.165, 1.54) is 17.8 Å². The molecule has 0 spiro atoms. The van der Waals surface area contributed by atoms with Crippen molar-refractivity contribution >= 4 is 29.3 Å². The smallest absolute Gasteiger partial charge is 0.314 e. The third kappa shape index (κ3) is 5.89. The Labute approximate surface area is 151 Å². The van der Waals surface area contributed by atoms with Crippen molar-refractivity contribution in [3.8, 4) is 0 Å². The highest BCUT2D eigenvalue weighted by atomic mass is 32.2. The number of Topliss-reactive ketones (excluding diaryl/α,β-unsaturated/α-hetero) is 1. The largest absolute Gasteiger partial charge is 0.384 e. The Morgan fingerprint density at radius 3 is 2.64 bits per heavy atom. The van der Waals surface area contributed by atoms with Gasteiger partial charge in [-0.25, -0.2) is 9.18 Å². The summed E-state index contributed by atoms with van der Waals surface area (Å²) in [7, 11) is 0. The molecule has 1 saturated heterocycles. The maximum absolute atomic E-state index is 13.7. The van der Waals surface area contributed by atoms with Crippen LogP contribution in [0.25, 0.3) is 0 Å². The monoisotopic (exact) mass is 368 g/mol. The molecule has 8 heteroatoms. The van der Waals surface area contributed by atoms with E-state index in [-0.39, 0.29) is 17.5 Å². The van der Waals surface area contributed by atoms with Crippen LogP contribution >= 0.6 is 11.8 Å². The lowest BCUT2D eigenvalue weighted by Crippen LogP contribution is -2.44. The first-order valence-corrected chi connectivity index (χ1v) is 9.59. The molecule has 1 aromatic rings. The van der Waals surface area contributed by atoms with Crippen molar-refractivity contribution in [3.05, 3.63) is 24.0 Å². The van der Waals surface area contributed by atoms with E-state index in [0.29, 0.717) is 50.5 Å². The van der Waals surface area contributed by atoms with Crippen LogP contribution in [0.2, 0.25) is 0 Å². The molecule has 1 heterocycles. The van der Waals surface area contributed by atoms with Crippen molar-refractivity contribution in [3.63, 3.8) is 0 Å². The molecule has 1 fully saturated rings. The van der Waals surface area contributed by atoms with Gasteiger partial charge >= 0.3 is 6.03 Å². The summed E-state index contributed by atoms with van der Waals surface area (Å²) in [5.74, 6) is -0.0772. The lowest BCUT2D eigenvalue weighted by Gasteiger charge is -2.29. The molecule has 138 valence electrons. The summed E-state index contributed by atoms with van der Waals surface area (Å²) < 4.78 is 13.7. The van der Waals surface area contributed by atoms with Crippen molar-refractivity contribution in [1.82, 2.24) is 10.2 Å². The highest BCUT2D eigenvalue weighted by Crippen LogP contribution is 2.22. The maximum atomic E-state index is 13.7. The van der Waals surface area contributed by atoms with Crippen molar-refractivity contribution in [2.24, 2.45) is 11.7 Å². The average Bonchev–Trinajstić information content (AvgIpc) is 2.61. The highest BCUT2D eigenvalue weighted by Gasteiger charge is 2.25. The fourth-order valence-corrected chi connectivity index (χ4v) is 3.31. The SMILES string of the molecule is CSc1ccc(NCCNCC(=O)C2CCN(C(N)=O)CC2)cc1F. The summed E-state index contributed by atoms with van der Waals surface area (Å²) in [4.78, 5) is 25.4. The van der Waals surface area contributed by atoms with E-state index >= 15 is 0 Å². The van der Waals surface area contributed by atoms with E-state index in [1.54, 1.807) is 11.0 Å². The summed E-state index contributed by atoms with van der Waals surface area (Å²) >= 11 is 1.37. The minimum absolute atomic E-state index is 0.00996. The third-order valence-electron chi connectivity index (χ3n) is 4.34. The zero-order valence-corrected chi connectivity index (χ0v) is 15.2. The number of halogens is 1. The molecule has 0 aliphatic carbocycles. The van der Waals surface area contributed by atoms with Gasteiger partial charge in [-0.05, 0) is 37.3 Å². The molecule has 0 unspecified atom stereocenters. The predicted molar refractivity (Wildman–Crippen MR) is 98.4 cm³/mol. The maximum Gasteiger partial charge on any atom is 0.314 e. The molecule has 1 aromatic carbocycles. The molecule has 0 aromatic heterocycles. The van der Waals surface area contributed by atoms with Gasteiger partial charge in [0, 0.05) is 42.7 Å². The second kappa shape index (κ2) is 9.62. The molecule has 6 nitrogen and oxygen atoms in total. The van der Waals surface area contributed by atoms with Crippen LogP contribution in [-0.4, -0.2) is 55.7 Å². The predicted octanol–water partition coefficient (Wildman–Crippen LogP) is 1.91. The summed E-state index contributed by atoms with van der Waals surface area (Å²) in [6.07, 6.45) is 3.18. The van der Waals surface area contributed by atoms with Crippen LogP contribution in [0.15, 0.2) is 23.1 Å². The summed E-state index contributed by atoms with van der Waals surface area (Å²) in [5.41, 5.74) is 5.96. The van der Waals surface area contributed by atoms with Gasteiger partial charge in [-0.2, -0.15) is 0 Å². The fourth-order valence-electron chi connectivity index (χ4n) is 2.85. The number of carbonyl (C=O) groups is 2. The molecular weight excluding hydrogens is 343 g/mol. The summed E-state index contributed by atoms with van der Waals surface area (Å²) in [6, 6.07) is 4.64. The number of urea groups is 1. The normalized spacial score (nSPS) is 15.2. The molecule has 0 saturated carbocycles. The van der Waals surface area contributed by atoms with E-state index < -0.39 is 6.03 Å². The Hall–Kier alpha value is -1.80. The first-order chi connectivity index (χ1) is 12.0. The number of piperidine rings is 1. The Morgan fingerprint density at radius 1 is 1.32 bits per heavy atom. The van der Waals surface area contributed by atoms with E-state index in [0.717, 1.165) is 5.69 Å². The Balaban J connectivity index is 1.62. The van der Waals surface area contributed by atoms with Crippen molar-refractivity contribution in [2.75, 3.05) is 44.3 Å². The second-order valence-corrected chi connectivity index (χ2v) is 6.87. The summed E-state index contributed by atoms with van der Waals surface area (Å²) in [6.45, 7) is 2.61. The number of hydrogen-bond acceptors (Lipinski definition) is 5. The number of rotatable bonds is 8. The molecule has 4 N–H and O–H groups in total.